The van der Waals surface area contributed by atoms with Crippen LogP contribution in [0.4, 0.5) is 0 Å². The summed E-state index contributed by atoms with van der Waals surface area (Å²) in [5, 5.41) is 19.1. The van der Waals surface area contributed by atoms with Crippen LogP contribution in [-0.2, 0) is 4.74 Å². The molecule has 0 aromatic heterocycles. The van der Waals surface area contributed by atoms with E-state index in [1.807, 2.05) is 20.8 Å². The molecule has 0 rings (SSSR count). The van der Waals surface area contributed by atoms with Gasteiger partial charge in [-0.15, -0.1) is 0 Å². The van der Waals surface area contributed by atoms with E-state index in [1.165, 1.54) is 0 Å². The quantitative estimate of drug-likeness (QED) is 0.664. The van der Waals surface area contributed by atoms with E-state index < -0.39 is 12.2 Å². The maximum Gasteiger partial charge on any atom is 0.0800 e. The third-order valence-electron chi connectivity index (χ3n) is 2.62. The third-order valence-corrected chi connectivity index (χ3v) is 2.62. The van der Waals surface area contributed by atoms with E-state index in [0.717, 1.165) is 12.8 Å². The van der Waals surface area contributed by atoms with Crippen LogP contribution in [0.15, 0.2) is 0 Å². The summed E-state index contributed by atoms with van der Waals surface area (Å²) >= 11 is 0. The molecule has 0 radical (unpaired) electrons. The highest BCUT2D eigenvalue weighted by Crippen LogP contribution is 2.18. The van der Waals surface area contributed by atoms with E-state index in [0.29, 0.717) is 12.8 Å². The lowest BCUT2D eigenvalue weighted by molar-refractivity contribution is -0.0259. The van der Waals surface area contributed by atoms with Gasteiger partial charge in [-0.05, 0) is 33.1 Å². The van der Waals surface area contributed by atoms with E-state index in [2.05, 4.69) is 0 Å². The fraction of sp³-hybridized carbons (Fsp3) is 1.00. The van der Waals surface area contributed by atoms with Crippen molar-refractivity contribution >= 4 is 0 Å². The highest BCUT2D eigenvalue weighted by molar-refractivity contribution is 4.73. The summed E-state index contributed by atoms with van der Waals surface area (Å²) in [7, 11) is 1.66. The van der Waals surface area contributed by atoms with Gasteiger partial charge in [0.15, 0.2) is 0 Å². The van der Waals surface area contributed by atoms with Crippen LogP contribution in [0.5, 0.6) is 0 Å². The van der Waals surface area contributed by atoms with Gasteiger partial charge >= 0.3 is 0 Å². The molecule has 0 aliphatic heterocycles. The molecule has 14 heavy (non-hydrogen) atoms. The summed E-state index contributed by atoms with van der Waals surface area (Å²) in [6.45, 7) is 5.95. The molecule has 0 spiro atoms. The first kappa shape index (κ1) is 13.9. The average Bonchev–Trinajstić information content (AvgIpc) is 2.15. The first-order chi connectivity index (χ1) is 6.43. The minimum atomic E-state index is -0.621. The second-order valence-corrected chi connectivity index (χ2v) is 4.43. The van der Waals surface area contributed by atoms with Gasteiger partial charge in [0.2, 0.25) is 0 Å². The number of methoxy groups -OCH3 is 1. The van der Waals surface area contributed by atoms with E-state index in [-0.39, 0.29) is 5.60 Å². The summed E-state index contributed by atoms with van der Waals surface area (Å²) in [6.07, 6.45) is 1.69. The molecule has 3 heteroatoms. The van der Waals surface area contributed by atoms with Crippen molar-refractivity contribution < 1.29 is 14.9 Å². The minimum absolute atomic E-state index is 0.215. The van der Waals surface area contributed by atoms with Crippen LogP contribution >= 0.6 is 0 Å². The van der Waals surface area contributed by atoms with Crippen molar-refractivity contribution in [3.8, 4) is 0 Å². The Balaban J connectivity index is 3.77. The van der Waals surface area contributed by atoms with Crippen LogP contribution in [0, 0.1) is 0 Å². The van der Waals surface area contributed by atoms with Crippen molar-refractivity contribution in [2.24, 2.45) is 0 Å². The molecule has 0 amide bonds. The van der Waals surface area contributed by atoms with Gasteiger partial charge in [0, 0.05) is 7.11 Å². The average molecular weight is 204 g/mol. The Bertz CT molecular complexity index is 145. The van der Waals surface area contributed by atoms with Crippen molar-refractivity contribution in [2.75, 3.05) is 7.11 Å². The minimum Gasteiger partial charge on any atom is -0.390 e. The van der Waals surface area contributed by atoms with Crippen LogP contribution in [-0.4, -0.2) is 35.1 Å². The molecule has 0 saturated carbocycles. The Kier molecular flexibility index (Phi) is 6.33. The smallest absolute Gasteiger partial charge is 0.0800 e. The largest absolute Gasteiger partial charge is 0.390 e. The highest BCUT2D eigenvalue weighted by Gasteiger charge is 2.21. The monoisotopic (exact) mass is 204 g/mol. The molecule has 0 fully saturated rings. The molecule has 0 saturated heterocycles. The Morgan fingerprint density at radius 2 is 1.64 bits per heavy atom. The van der Waals surface area contributed by atoms with E-state index in [4.69, 9.17) is 4.74 Å². The first-order valence-corrected chi connectivity index (χ1v) is 5.34. The molecule has 0 aliphatic rings. The molecule has 3 nitrogen and oxygen atoms in total. The zero-order valence-electron chi connectivity index (χ0n) is 9.79. The molecule has 0 aliphatic carbocycles. The molecule has 0 heterocycles. The highest BCUT2D eigenvalue weighted by atomic mass is 16.5. The molecule has 0 aromatic carbocycles. The van der Waals surface area contributed by atoms with Gasteiger partial charge in [-0.25, -0.2) is 0 Å². The molecule has 0 aromatic rings. The van der Waals surface area contributed by atoms with Crippen molar-refractivity contribution in [1.29, 1.82) is 0 Å². The van der Waals surface area contributed by atoms with Gasteiger partial charge in [-0.2, -0.15) is 0 Å². The van der Waals surface area contributed by atoms with Gasteiger partial charge in [0.1, 0.15) is 0 Å². The maximum atomic E-state index is 9.60. The Hall–Kier alpha value is -0.120. The second kappa shape index (κ2) is 6.38. The molecule has 2 N–H and O–H groups in total. The lowest BCUT2D eigenvalue weighted by atomic mass is 9.96. The SMILES string of the molecule is CCCC(O)C(O)CCC(C)(C)OC. The number of rotatable bonds is 7. The lowest BCUT2D eigenvalue weighted by Crippen LogP contribution is -2.30. The predicted octanol–water partition coefficient (Wildman–Crippen LogP) is 1.71. The summed E-state index contributed by atoms with van der Waals surface area (Å²) in [5.41, 5.74) is -0.215. The number of aliphatic hydroxyl groups excluding tert-OH is 2. The standard InChI is InChI=1S/C11H24O3/c1-5-6-9(12)10(13)7-8-11(2,3)14-4/h9-10,12-13H,5-8H2,1-4H3. The van der Waals surface area contributed by atoms with Crippen LogP contribution in [0.2, 0.25) is 0 Å². The van der Waals surface area contributed by atoms with Crippen LogP contribution < -0.4 is 0 Å². The number of hydrogen-bond donors (Lipinski definition) is 2. The van der Waals surface area contributed by atoms with Gasteiger partial charge in [0.25, 0.3) is 0 Å². The van der Waals surface area contributed by atoms with E-state index >= 15 is 0 Å². The van der Waals surface area contributed by atoms with Gasteiger partial charge in [-0.3, -0.25) is 0 Å². The molecule has 2 atom stereocenters. The fourth-order valence-electron chi connectivity index (χ4n) is 1.28. The number of aliphatic hydroxyl groups is 2. The predicted molar refractivity (Wildman–Crippen MR) is 57.2 cm³/mol. The number of hydrogen-bond acceptors (Lipinski definition) is 3. The summed E-state index contributed by atoms with van der Waals surface area (Å²) in [5.74, 6) is 0. The van der Waals surface area contributed by atoms with Crippen molar-refractivity contribution in [3.63, 3.8) is 0 Å². The van der Waals surface area contributed by atoms with E-state index in [9.17, 15) is 10.2 Å². The maximum absolute atomic E-state index is 9.60. The van der Waals surface area contributed by atoms with Crippen LogP contribution in [0.1, 0.15) is 46.5 Å². The summed E-state index contributed by atoms with van der Waals surface area (Å²) in [6, 6.07) is 0. The van der Waals surface area contributed by atoms with Crippen LogP contribution in [0.3, 0.4) is 0 Å². The van der Waals surface area contributed by atoms with Crippen molar-refractivity contribution in [3.05, 3.63) is 0 Å². The molecular weight excluding hydrogens is 180 g/mol. The van der Waals surface area contributed by atoms with Gasteiger partial charge in [-0.1, -0.05) is 13.3 Å². The van der Waals surface area contributed by atoms with Gasteiger partial charge in [0.05, 0.1) is 17.8 Å². The van der Waals surface area contributed by atoms with Crippen molar-refractivity contribution in [1.82, 2.24) is 0 Å². The zero-order valence-corrected chi connectivity index (χ0v) is 9.79. The van der Waals surface area contributed by atoms with E-state index in [1.54, 1.807) is 7.11 Å². The third kappa shape index (κ3) is 5.58. The zero-order chi connectivity index (χ0) is 11.2. The summed E-state index contributed by atoms with van der Waals surface area (Å²) < 4.78 is 5.24. The first-order valence-electron chi connectivity index (χ1n) is 5.34. The lowest BCUT2D eigenvalue weighted by Gasteiger charge is -2.25. The Morgan fingerprint density at radius 3 is 2.07 bits per heavy atom. The Morgan fingerprint density at radius 1 is 1.14 bits per heavy atom. The second-order valence-electron chi connectivity index (χ2n) is 4.43. The van der Waals surface area contributed by atoms with Gasteiger partial charge < -0.3 is 14.9 Å². The summed E-state index contributed by atoms with van der Waals surface area (Å²) in [4.78, 5) is 0. The molecule has 0 bridgehead atoms. The van der Waals surface area contributed by atoms with Crippen LogP contribution in [0.25, 0.3) is 0 Å². The number of ether oxygens (including phenoxy) is 1. The molecule has 2 unspecified atom stereocenters. The topological polar surface area (TPSA) is 49.7 Å². The fourth-order valence-corrected chi connectivity index (χ4v) is 1.28. The molecular formula is C11H24O3. The Labute approximate surface area is 87.1 Å². The normalized spacial score (nSPS) is 16.7. The molecule has 86 valence electrons. The van der Waals surface area contributed by atoms with Crippen molar-refractivity contribution in [2.45, 2.75) is 64.3 Å².